The molecule has 1 aliphatic carbocycles. The summed E-state index contributed by atoms with van der Waals surface area (Å²) in [5.74, 6) is 1.90. The number of pyridine rings is 1. The lowest BCUT2D eigenvalue weighted by molar-refractivity contribution is -0.116. The first-order chi connectivity index (χ1) is 14.2. The average molecular weight is 391 g/mol. The summed E-state index contributed by atoms with van der Waals surface area (Å²) in [7, 11) is 0. The van der Waals surface area contributed by atoms with Crippen molar-refractivity contribution < 1.29 is 14.1 Å². The number of anilines is 2. The molecule has 0 spiro atoms. The zero-order valence-electron chi connectivity index (χ0n) is 15.8. The molecule has 0 radical (unpaired) electrons. The van der Waals surface area contributed by atoms with Gasteiger partial charge in [-0.3, -0.25) is 9.59 Å². The summed E-state index contributed by atoms with van der Waals surface area (Å²) in [4.78, 5) is 32.7. The summed E-state index contributed by atoms with van der Waals surface area (Å²) in [6, 6.07) is 12.2. The lowest BCUT2D eigenvalue weighted by Gasteiger charge is -2.07. The van der Waals surface area contributed by atoms with Crippen LogP contribution < -0.4 is 10.6 Å². The van der Waals surface area contributed by atoms with Gasteiger partial charge in [-0.2, -0.15) is 4.98 Å². The van der Waals surface area contributed by atoms with Crippen molar-refractivity contribution in [3.63, 3.8) is 0 Å². The third kappa shape index (κ3) is 5.25. The smallest absolute Gasteiger partial charge is 0.256 e. The van der Waals surface area contributed by atoms with E-state index in [0.717, 1.165) is 18.7 Å². The van der Waals surface area contributed by atoms with Crippen LogP contribution >= 0.6 is 0 Å². The maximum Gasteiger partial charge on any atom is 0.256 e. The molecule has 0 atom stereocenters. The van der Waals surface area contributed by atoms with Crippen molar-refractivity contribution in [1.29, 1.82) is 0 Å². The van der Waals surface area contributed by atoms with Crippen LogP contribution in [0.15, 0.2) is 53.2 Å². The first-order valence-corrected chi connectivity index (χ1v) is 9.62. The van der Waals surface area contributed by atoms with E-state index < -0.39 is 0 Å². The van der Waals surface area contributed by atoms with Crippen molar-refractivity contribution >= 4 is 23.3 Å². The lowest BCUT2D eigenvalue weighted by atomic mass is 10.2. The zero-order valence-corrected chi connectivity index (χ0v) is 15.8. The van der Waals surface area contributed by atoms with Gasteiger partial charge in [-0.1, -0.05) is 23.4 Å². The van der Waals surface area contributed by atoms with Gasteiger partial charge in [0.2, 0.25) is 11.8 Å². The van der Waals surface area contributed by atoms with Crippen molar-refractivity contribution in [3.8, 4) is 0 Å². The third-order valence-electron chi connectivity index (χ3n) is 4.55. The van der Waals surface area contributed by atoms with Gasteiger partial charge in [-0.05, 0) is 43.5 Å². The number of benzene rings is 1. The number of aryl methyl sites for hydroxylation is 1. The van der Waals surface area contributed by atoms with Gasteiger partial charge in [0.25, 0.3) is 5.91 Å². The molecule has 148 valence electrons. The Hall–Kier alpha value is -3.55. The summed E-state index contributed by atoms with van der Waals surface area (Å²) in [6.45, 7) is 0. The predicted octanol–water partition coefficient (Wildman–Crippen LogP) is 3.56. The Morgan fingerprint density at radius 2 is 1.90 bits per heavy atom. The number of nitrogens with one attached hydrogen (secondary N) is 2. The van der Waals surface area contributed by atoms with Crippen LogP contribution in [0, 0.1) is 0 Å². The van der Waals surface area contributed by atoms with Crippen LogP contribution in [0.3, 0.4) is 0 Å². The van der Waals surface area contributed by atoms with Crippen LogP contribution in [0.2, 0.25) is 0 Å². The minimum Gasteiger partial charge on any atom is -0.339 e. The molecule has 1 aromatic carbocycles. The summed E-state index contributed by atoms with van der Waals surface area (Å²) in [5, 5.41) is 9.48. The second kappa shape index (κ2) is 8.64. The topological polar surface area (TPSA) is 110 Å². The molecular weight excluding hydrogens is 370 g/mol. The average Bonchev–Trinajstić information content (AvgIpc) is 3.49. The summed E-state index contributed by atoms with van der Waals surface area (Å²) in [5.41, 5.74) is 1.12. The van der Waals surface area contributed by atoms with E-state index in [0.29, 0.717) is 48.1 Å². The molecule has 2 amide bonds. The van der Waals surface area contributed by atoms with Crippen molar-refractivity contribution in [3.05, 3.63) is 65.9 Å². The Morgan fingerprint density at radius 1 is 1.07 bits per heavy atom. The highest BCUT2D eigenvalue weighted by atomic mass is 16.5. The minimum absolute atomic E-state index is 0.116. The maximum atomic E-state index is 12.1. The molecule has 4 rings (SSSR count). The molecule has 0 saturated heterocycles. The second-order valence-corrected chi connectivity index (χ2v) is 6.97. The molecule has 2 N–H and O–H groups in total. The highest BCUT2D eigenvalue weighted by Crippen LogP contribution is 2.38. The standard InChI is InChI=1S/C21H21N5O3/c27-18(7-4-8-19-25-20(26-29-19)14-9-10-14)23-16-11-12-17(22-13-16)24-21(28)15-5-2-1-3-6-15/h1-3,5-6,11-14H,4,7-10H2,(H,23,27)(H,22,24,28). The molecule has 1 aliphatic rings. The number of hydrogen-bond donors (Lipinski definition) is 2. The number of carbonyl (C=O) groups excluding carboxylic acids is 2. The Bertz CT molecular complexity index is 981. The highest BCUT2D eigenvalue weighted by molar-refractivity contribution is 6.03. The monoisotopic (exact) mass is 391 g/mol. The van der Waals surface area contributed by atoms with E-state index in [4.69, 9.17) is 4.52 Å². The summed E-state index contributed by atoms with van der Waals surface area (Å²) < 4.78 is 5.21. The van der Waals surface area contributed by atoms with E-state index in [1.165, 1.54) is 6.20 Å². The normalized spacial score (nSPS) is 13.1. The lowest BCUT2D eigenvalue weighted by Crippen LogP contribution is -2.14. The third-order valence-corrected chi connectivity index (χ3v) is 4.55. The molecule has 3 aromatic rings. The van der Waals surface area contributed by atoms with Crippen LogP contribution in [-0.2, 0) is 11.2 Å². The van der Waals surface area contributed by atoms with E-state index in [1.807, 2.05) is 6.07 Å². The Kier molecular flexibility index (Phi) is 5.60. The van der Waals surface area contributed by atoms with Gasteiger partial charge in [0.15, 0.2) is 5.82 Å². The molecule has 0 aliphatic heterocycles. The van der Waals surface area contributed by atoms with Crippen molar-refractivity contribution in [2.75, 3.05) is 10.6 Å². The van der Waals surface area contributed by atoms with Gasteiger partial charge in [-0.25, -0.2) is 4.98 Å². The predicted molar refractivity (Wildman–Crippen MR) is 106 cm³/mol. The van der Waals surface area contributed by atoms with E-state index >= 15 is 0 Å². The number of hydrogen-bond acceptors (Lipinski definition) is 6. The number of nitrogens with zero attached hydrogens (tertiary/aromatic N) is 3. The van der Waals surface area contributed by atoms with Gasteiger partial charge in [0, 0.05) is 24.3 Å². The fourth-order valence-electron chi connectivity index (χ4n) is 2.82. The van der Waals surface area contributed by atoms with Gasteiger partial charge in [0.1, 0.15) is 5.82 Å². The van der Waals surface area contributed by atoms with Gasteiger partial charge < -0.3 is 15.2 Å². The van der Waals surface area contributed by atoms with E-state index in [-0.39, 0.29) is 11.8 Å². The summed E-state index contributed by atoms with van der Waals surface area (Å²) in [6.07, 6.45) is 5.31. The van der Waals surface area contributed by atoms with Crippen LogP contribution in [-0.4, -0.2) is 26.9 Å². The number of amides is 2. The first-order valence-electron chi connectivity index (χ1n) is 9.62. The maximum absolute atomic E-state index is 12.1. The molecular formula is C21H21N5O3. The highest BCUT2D eigenvalue weighted by Gasteiger charge is 2.28. The molecule has 8 nitrogen and oxygen atoms in total. The second-order valence-electron chi connectivity index (χ2n) is 6.97. The van der Waals surface area contributed by atoms with Crippen molar-refractivity contribution in [1.82, 2.24) is 15.1 Å². The largest absolute Gasteiger partial charge is 0.339 e. The van der Waals surface area contributed by atoms with Gasteiger partial charge in [-0.15, -0.1) is 0 Å². The quantitative estimate of drug-likeness (QED) is 0.608. The first kappa shape index (κ1) is 18.8. The van der Waals surface area contributed by atoms with Crippen LogP contribution in [0.25, 0.3) is 0 Å². The molecule has 0 bridgehead atoms. The van der Waals surface area contributed by atoms with E-state index in [9.17, 15) is 9.59 Å². The van der Waals surface area contributed by atoms with E-state index in [2.05, 4.69) is 25.8 Å². The minimum atomic E-state index is -0.235. The molecule has 2 heterocycles. The Morgan fingerprint density at radius 3 is 2.62 bits per heavy atom. The molecule has 2 aromatic heterocycles. The molecule has 29 heavy (non-hydrogen) atoms. The zero-order chi connectivity index (χ0) is 20.1. The molecule has 1 fully saturated rings. The Balaban J connectivity index is 1.21. The van der Waals surface area contributed by atoms with Gasteiger partial charge in [0.05, 0.1) is 11.9 Å². The fourth-order valence-corrected chi connectivity index (χ4v) is 2.82. The molecule has 0 unspecified atom stereocenters. The van der Waals surface area contributed by atoms with Crippen LogP contribution in [0.5, 0.6) is 0 Å². The number of carbonyl (C=O) groups is 2. The van der Waals surface area contributed by atoms with Crippen LogP contribution in [0.4, 0.5) is 11.5 Å². The molecule has 1 saturated carbocycles. The van der Waals surface area contributed by atoms with Crippen molar-refractivity contribution in [2.45, 2.75) is 38.0 Å². The summed E-state index contributed by atoms with van der Waals surface area (Å²) >= 11 is 0. The molecule has 8 heteroatoms. The van der Waals surface area contributed by atoms with Crippen LogP contribution in [0.1, 0.15) is 53.7 Å². The van der Waals surface area contributed by atoms with Gasteiger partial charge >= 0.3 is 0 Å². The number of aromatic nitrogens is 3. The van der Waals surface area contributed by atoms with Crippen molar-refractivity contribution in [2.24, 2.45) is 0 Å². The fraction of sp³-hybridized carbons (Fsp3) is 0.286. The Labute approximate surface area is 167 Å². The SMILES string of the molecule is O=C(CCCc1nc(C2CC2)no1)Nc1ccc(NC(=O)c2ccccc2)nc1. The number of rotatable bonds is 8. The van der Waals surface area contributed by atoms with E-state index in [1.54, 1.807) is 36.4 Å².